The van der Waals surface area contributed by atoms with Crippen LogP contribution in [0.5, 0.6) is 0 Å². The molecule has 0 spiro atoms. The highest BCUT2D eigenvalue weighted by Crippen LogP contribution is 2.15. The van der Waals surface area contributed by atoms with E-state index in [0.717, 1.165) is 5.69 Å². The zero-order chi connectivity index (χ0) is 11.3. The fourth-order valence-electron chi connectivity index (χ4n) is 1.04. The summed E-state index contributed by atoms with van der Waals surface area (Å²) in [6, 6.07) is 7.32. The van der Waals surface area contributed by atoms with Crippen LogP contribution in [0, 0.1) is 0 Å². The van der Waals surface area contributed by atoms with Crippen molar-refractivity contribution in [2.45, 2.75) is 0 Å². The van der Waals surface area contributed by atoms with Gasteiger partial charge in [-0.2, -0.15) is 0 Å². The first-order valence-electron chi connectivity index (χ1n) is 4.52. The Labute approximate surface area is 99.7 Å². The fourth-order valence-corrected chi connectivity index (χ4v) is 1.44. The maximum Gasteiger partial charge on any atom is 0.173 e. The number of aliphatic hydroxyl groups is 1. The smallest absolute Gasteiger partial charge is 0.173 e. The molecule has 5 heteroatoms. The van der Waals surface area contributed by atoms with Crippen molar-refractivity contribution in [2.75, 3.05) is 25.5 Å². The van der Waals surface area contributed by atoms with Gasteiger partial charge in [0.2, 0.25) is 0 Å². The fraction of sp³-hybridized carbons (Fsp3) is 0.300. The molecule has 0 aliphatic heterocycles. The average Bonchev–Trinajstić information content (AvgIpc) is 2.18. The Bertz CT molecular complexity index is 346. The summed E-state index contributed by atoms with van der Waals surface area (Å²) in [5.74, 6) is 0. The first kappa shape index (κ1) is 12.2. The van der Waals surface area contributed by atoms with Crippen molar-refractivity contribution in [3.05, 3.63) is 29.3 Å². The topological polar surface area (TPSA) is 35.5 Å². The summed E-state index contributed by atoms with van der Waals surface area (Å²) in [4.78, 5) is 1.76. The minimum atomic E-state index is 0.0772. The lowest BCUT2D eigenvalue weighted by Gasteiger charge is -2.19. The van der Waals surface area contributed by atoms with E-state index in [2.05, 4.69) is 5.32 Å². The third-order valence-corrected chi connectivity index (χ3v) is 2.51. The number of anilines is 1. The first-order valence-corrected chi connectivity index (χ1v) is 5.30. The number of hydrogen-bond donors (Lipinski definition) is 2. The van der Waals surface area contributed by atoms with E-state index >= 15 is 0 Å². The number of aliphatic hydroxyl groups excluding tert-OH is 1. The quantitative estimate of drug-likeness (QED) is 0.797. The first-order chi connectivity index (χ1) is 7.13. The average molecular weight is 245 g/mol. The van der Waals surface area contributed by atoms with Gasteiger partial charge in [-0.1, -0.05) is 17.7 Å². The maximum atomic E-state index is 8.75. The van der Waals surface area contributed by atoms with Crippen LogP contribution < -0.4 is 5.32 Å². The SMILES string of the molecule is CN(CCO)C(=S)Nc1cccc(Cl)c1. The summed E-state index contributed by atoms with van der Waals surface area (Å²) in [6.45, 7) is 0.584. The molecule has 82 valence electrons. The highest BCUT2D eigenvalue weighted by atomic mass is 35.5. The summed E-state index contributed by atoms with van der Waals surface area (Å²) in [5, 5.41) is 13.0. The lowest BCUT2D eigenvalue weighted by molar-refractivity contribution is 0.265. The monoisotopic (exact) mass is 244 g/mol. The van der Waals surface area contributed by atoms with E-state index in [1.54, 1.807) is 17.0 Å². The minimum absolute atomic E-state index is 0.0772. The van der Waals surface area contributed by atoms with Crippen LogP contribution in [0.3, 0.4) is 0 Å². The van der Waals surface area contributed by atoms with Crippen molar-refractivity contribution in [3.8, 4) is 0 Å². The zero-order valence-corrected chi connectivity index (χ0v) is 9.98. The second-order valence-electron chi connectivity index (χ2n) is 3.09. The minimum Gasteiger partial charge on any atom is -0.395 e. The van der Waals surface area contributed by atoms with Crippen molar-refractivity contribution in [1.29, 1.82) is 0 Å². The molecule has 0 amide bonds. The molecule has 1 aromatic rings. The maximum absolute atomic E-state index is 8.75. The molecule has 0 aromatic heterocycles. The van der Waals surface area contributed by atoms with Gasteiger partial charge in [-0.05, 0) is 30.4 Å². The molecule has 0 heterocycles. The second-order valence-corrected chi connectivity index (χ2v) is 3.91. The highest BCUT2D eigenvalue weighted by molar-refractivity contribution is 7.80. The standard InChI is InChI=1S/C10H13ClN2OS/c1-13(5-6-14)10(15)12-9-4-2-3-8(11)7-9/h2-4,7,14H,5-6H2,1H3,(H,12,15). The molecule has 0 aliphatic rings. The van der Waals surface area contributed by atoms with Crippen LogP contribution in [0.25, 0.3) is 0 Å². The lowest BCUT2D eigenvalue weighted by Crippen LogP contribution is -2.33. The second kappa shape index (κ2) is 5.90. The van der Waals surface area contributed by atoms with E-state index in [9.17, 15) is 0 Å². The molecule has 0 radical (unpaired) electrons. The highest BCUT2D eigenvalue weighted by Gasteiger charge is 2.03. The molecule has 0 saturated heterocycles. The van der Waals surface area contributed by atoms with Gasteiger partial charge in [-0.3, -0.25) is 0 Å². The van der Waals surface area contributed by atoms with Gasteiger partial charge in [0.1, 0.15) is 0 Å². The Morgan fingerprint density at radius 1 is 1.60 bits per heavy atom. The molecule has 3 nitrogen and oxygen atoms in total. The van der Waals surface area contributed by atoms with Gasteiger partial charge in [0.05, 0.1) is 6.61 Å². The lowest BCUT2D eigenvalue weighted by atomic mass is 10.3. The number of hydrogen-bond acceptors (Lipinski definition) is 2. The number of nitrogens with one attached hydrogen (secondary N) is 1. The molecular formula is C10H13ClN2OS. The van der Waals surface area contributed by atoms with Crippen LogP contribution in [0.4, 0.5) is 5.69 Å². The van der Waals surface area contributed by atoms with Gasteiger partial charge >= 0.3 is 0 Å². The molecule has 15 heavy (non-hydrogen) atoms. The largest absolute Gasteiger partial charge is 0.395 e. The third-order valence-electron chi connectivity index (χ3n) is 1.86. The van der Waals surface area contributed by atoms with Crippen LogP contribution in [-0.4, -0.2) is 35.3 Å². The third kappa shape index (κ3) is 4.03. The Hall–Kier alpha value is -0.840. The van der Waals surface area contributed by atoms with Gasteiger partial charge in [-0.15, -0.1) is 0 Å². The van der Waals surface area contributed by atoms with Crippen LogP contribution >= 0.6 is 23.8 Å². The van der Waals surface area contributed by atoms with Gasteiger partial charge in [-0.25, -0.2) is 0 Å². The summed E-state index contributed by atoms with van der Waals surface area (Å²) in [6.07, 6.45) is 0. The summed E-state index contributed by atoms with van der Waals surface area (Å²) < 4.78 is 0. The van der Waals surface area contributed by atoms with Crippen LogP contribution in [0.15, 0.2) is 24.3 Å². The Kier molecular flexibility index (Phi) is 4.81. The number of thiocarbonyl (C=S) groups is 1. The number of rotatable bonds is 3. The summed E-state index contributed by atoms with van der Waals surface area (Å²) in [5.41, 5.74) is 0.845. The van der Waals surface area contributed by atoms with Crippen molar-refractivity contribution >= 4 is 34.6 Å². The molecule has 1 rings (SSSR count). The predicted octanol–water partition coefficient (Wildman–Crippen LogP) is 1.96. The van der Waals surface area contributed by atoms with Gasteiger partial charge in [0, 0.05) is 24.3 Å². The van der Waals surface area contributed by atoms with E-state index in [1.807, 2.05) is 19.2 Å². The van der Waals surface area contributed by atoms with Gasteiger partial charge in [0.25, 0.3) is 0 Å². The molecule has 0 atom stereocenters. The molecule has 1 aromatic carbocycles. The van der Waals surface area contributed by atoms with Crippen molar-refractivity contribution in [2.24, 2.45) is 0 Å². The van der Waals surface area contributed by atoms with Crippen LogP contribution in [0.2, 0.25) is 5.02 Å². The number of halogens is 1. The molecule has 0 aliphatic carbocycles. The number of benzene rings is 1. The molecular weight excluding hydrogens is 232 g/mol. The van der Waals surface area contributed by atoms with E-state index in [-0.39, 0.29) is 6.61 Å². The zero-order valence-electron chi connectivity index (χ0n) is 8.40. The van der Waals surface area contributed by atoms with E-state index in [0.29, 0.717) is 16.7 Å². The molecule has 0 saturated carbocycles. The molecule has 0 unspecified atom stereocenters. The van der Waals surface area contributed by atoms with Gasteiger partial charge in [0.15, 0.2) is 5.11 Å². The summed E-state index contributed by atoms with van der Waals surface area (Å²) in [7, 11) is 1.82. The molecule has 2 N–H and O–H groups in total. The molecule has 0 bridgehead atoms. The van der Waals surface area contributed by atoms with Crippen LogP contribution in [-0.2, 0) is 0 Å². The Morgan fingerprint density at radius 2 is 2.33 bits per heavy atom. The predicted molar refractivity (Wildman–Crippen MR) is 67.4 cm³/mol. The Balaban J connectivity index is 2.58. The summed E-state index contributed by atoms with van der Waals surface area (Å²) >= 11 is 11.0. The van der Waals surface area contributed by atoms with E-state index in [1.165, 1.54) is 0 Å². The van der Waals surface area contributed by atoms with Crippen molar-refractivity contribution < 1.29 is 5.11 Å². The molecule has 0 fully saturated rings. The normalized spacial score (nSPS) is 9.80. The van der Waals surface area contributed by atoms with Crippen molar-refractivity contribution in [3.63, 3.8) is 0 Å². The van der Waals surface area contributed by atoms with E-state index < -0.39 is 0 Å². The Morgan fingerprint density at radius 3 is 2.93 bits per heavy atom. The van der Waals surface area contributed by atoms with Gasteiger partial charge < -0.3 is 15.3 Å². The van der Waals surface area contributed by atoms with E-state index in [4.69, 9.17) is 28.9 Å². The number of nitrogens with zero attached hydrogens (tertiary/aromatic N) is 1. The van der Waals surface area contributed by atoms with Crippen molar-refractivity contribution in [1.82, 2.24) is 4.90 Å². The number of likely N-dealkylation sites (N-methyl/N-ethyl adjacent to an activating group) is 1. The van der Waals surface area contributed by atoms with Crippen LogP contribution in [0.1, 0.15) is 0 Å².